The van der Waals surface area contributed by atoms with Crippen LogP contribution in [0, 0.1) is 6.92 Å². The van der Waals surface area contributed by atoms with Crippen LogP contribution < -0.4 is 18.9 Å². The van der Waals surface area contributed by atoms with Gasteiger partial charge in [-0.3, -0.25) is 0 Å². The van der Waals surface area contributed by atoms with Gasteiger partial charge in [-0.2, -0.15) is 0 Å². The third kappa shape index (κ3) is 12.3. The molecule has 0 saturated carbocycles. The molecule has 0 atom stereocenters. The standard InChI is InChI=1S/C29H24O10.4CH4/c1-4-26(30)36-17-34-22-10-6-20(7-11-22)28(32)38-24-14-15-25(19(3)16-24)39-29(33)21-8-12-23(13-9-21)35-18-37-27(31)5-2;;;;/h4-16H,1-2,17-18H2,3H3;4*1H4. The zero-order valence-corrected chi connectivity index (χ0v) is 20.9. The molecule has 3 aromatic carbocycles. The van der Waals surface area contributed by atoms with E-state index in [9.17, 15) is 19.2 Å². The minimum absolute atomic E-state index is 0. The van der Waals surface area contributed by atoms with E-state index in [-0.39, 0.29) is 65.9 Å². The first-order chi connectivity index (χ1) is 18.8. The van der Waals surface area contributed by atoms with Crippen molar-refractivity contribution in [2.45, 2.75) is 36.6 Å². The molecule has 0 aliphatic rings. The van der Waals surface area contributed by atoms with E-state index in [4.69, 9.17) is 28.4 Å². The number of hydrogen-bond donors (Lipinski definition) is 0. The van der Waals surface area contributed by atoms with E-state index in [0.717, 1.165) is 12.2 Å². The molecule has 43 heavy (non-hydrogen) atoms. The lowest BCUT2D eigenvalue weighted by molar-refractivity contribution is -0.145. The largest absolute Gasteiger partial charge is 0.457 e. The maximum Gasteiger partial charge on any atom is 0.343 e. The van der Waals surface area contributed by atoms with Crippen LogP contribution in [-0.2, 0) is 19.1 Å². The van der Waals surface area contributed by atoms with Gasteiger partial charge in [0.2, 0.25) is 13.6 Å². The van der Waals surface area contributed by atoms with Crippen molar-refractivity contribution >= 4 is 23.9 Å². The van der Waals surface area contributed by atoms with Crippen LogP contribution in [0.15, 0.2) is 92.0 Å². The van der Waals surface area contributed by atoms with E-state index in [1.54, 1.807) is 13.0 Å². The van der Waals surface area contributed by atoms with Crippen molar-refractivity contribution in [3.8, 4) is 23.0 Å². The lowest BCUT2D eigenvalue weighted by Crippen LogP contribution is -2.11. The topological polar surface area (TPSA) is 124 Å². The molecule has 0 aromatic heterocycles. The number of carbonyl (C=O) groups excluding carboxylic acids is 4. The minimum atomic E-state index is -0.613. The summed E-state index contributed by atoms with van der Waals surface area (Å²) in [6.07, 6.45) is 2.04. The van der Waals surface area contributed by atoms with Gasteiger partial charge in [0.05, 0.1) is 11.1 Å². The van der Waals surface area contributed by atoms with E-state index in [2.05, 4.69) is 13.2 Å². The summed E-state index contributed by atoms with van der Waals surface area (Å²) >= 11 is 0. The molecule has 0 aliphatic carbocycles. The van der Waals surface area contributed by atoms with E-state index in [1.807, 2.05) is 0 Å². The Kier molecular flexibility index (Phi) is 18.2. The maximum atomic E-state index is 12.5. The molecule has 0 saturated heterocycles. The Labute approximate surface area is 253 Å². The van der Waals surface area contributed by atoms with Gasteiger partial charge < -0.3 is 28.4 Å². The van der Waals surface area contributed by atoms with Gasteiger partial charge in [0.15, 0.2) is 0 Å². The van der Waals surface area contributed by atoms with Crippen molar-refractivity contribution in [1.82, 2.24) is 0 Å². The summed E-state index contributed by atoms with van der Waals surface area (Å²) in [4.78, 5) is 47.1. The molecule has 0 unspecified atom stereocenters. The SMILES string of the molecule is C.C.C.C.C=CC(=O)OCOc1ccc(C(=O)Oc2ccc(OC(=O)c3ccc(OCOC(=O)C=C)cc3)c(C)c2)cc1. The smallest absolute Gasteiger partial charge is 0.343 e. The van der Waals surface area contributed by atoms with E-state index >= 15 is 0 Å². The number of rotatable bonds is 12. The van der Waals surface area contributed by atoms with E-state index < -0.39 is 23.9 Å². The lowest BCUT2D eigenvalue weighted by Gasteiger charge is -2.11. The predicted octanol–water partition coefficient (Wildman–Crippen LogP) is 7.11. The van der Waals surface area contributed by atoms with E-state index in [0.29, 0.717) is 17.1 Å². The molecular formula is C33H40O10. The van der Waals surface area contributed by atoms with Crippen molar-refractivity contribution in [3.05, 3.63) is 109 Å². The van der Waals surface area contributed by atoms with Crippen molar-refractivity contribution in [3.63, 3.8) is 0 Å². The van der Waals surface area contributed by atoms with Crippen LogP contribution in [0.5, 0.6) is 23.0 Å². The van der Waals surface area contributed by atoms with Gasteiger partial charge in [0.25, 0.3) is 0 Å². The molecule has 0 spiro atoms. The number of hydrogen-bond acceptors (Lipinski definition) is 10. The normalized spacial score (nSPS) is 9.05. The Morgan fingerprint density at radius 3 is 1.40 bits per heavy atom. The molecule has 0 heterocycles. The van der Waals surface area contributed by atoms with Gasteiger partial charge in [0, 0.05) is 12.2 Å². The molecule has 232 valence electrons. The highest BCUT2D eigenvalue weighted by Gasteiger charge is 2.14. The minimum Gasteiger partial charge on any atom is -0.457 e. The Morgan fingerprint density at radius 1 is 0.605 bits per heavy atom. The second kappa shape index (κ2) is 19.7. The van der Waals surface area contributed by atoms with Gasteiger partial charge in [-0.25, -0.2) is 19.2 Å². The summed E-state index contributed by atoms with van der Waals surface area (Å²) in [5, 5.41) is 0. The van der Waals surface area contributed by atoms with Crippen LogP contribution in [-0.4, -0.2) is 37.5 Å². The fourth-order valence-electron chi connectivity index (χ4n) is 2.93. The van der Waals surface area contributed by atoms with Gasteiger partial charge in [-0.1, -0.05) is 42.9 Å². The number of ether oxygens (including phenoxy) is 6. The van der Waals surface area contributed by atoms with Gasteiger partial charge >= 0.3 is 23.9 Å². The number of benzene rings is 3. The van der Waals surface area contributed by atoms with Gasteiger partial charge in [0.1, 0.15) is 23.0 Å². The first kappa shape index (κ1) is 39.8. The Hall–Kier alpha value is -5.38. The molecule has 10 nitrogen and oxygen atoms in total. The highest BCUT2D eigenvalue weighted by Crippen LogP contribution is 2.25. The van der Waals surface area contributed by atoms with Crippen LogP contribution in [0.3, 0.4) is 0 Å². The fourth-order valence-corrected chi connectivity index (χ4v) is 2.93. The highest BCUT2D eigenvalue weighted by atomic mass is 16.7. The molecule has 0 amide bonds. The molecule has 0 aliphatic heterocycles. The molecule has 3 aromatic rings. The first-order valence-electron chi connectivity index (χ1n) is 11.4. The highest BCUT2D eigenvalue weighted by molar-refractivity contribution is 5.92. The molecule has 0 radical (unpaired) electrons. The van der Waals surface area contributed by atoms with Crippen molar-refractivity contribution in [1.29, 1.82) is 0 Å². The monoisotopic (exact) mass is 596 g/mol. The van der Waals surface area contributed by atoms with Crippen molar-refractivity contribution in [2.75, 3.05) is 13.6 Å². The van der Waals surface area contributed by atoms with Crippen LogP contribution in [0.25, 0.3) is 0 Å². The first-order valence-corrected chi connectivity index (χ1v) is 11.4. The summed E-state index contributed by atoms with van der Waals surface area (Å²) in [6, 6.07) is 16.7. The van der Waals surface area contributed by atoms with Crippen molar-refractivity contribution in [2.24, 2.45) is 0 Å². The lowest BCUT2D eigenvalue weighted by atomic mass is 10.2. The second-order valence-electron chi connectivity index (χ2n) is 7.61. The Balaban J connectivity index is 0. The quantitative estimate of drug-likeness (QED) is 0.0924. The second-order valence-corrected chi connectivity index (χ2v) is 7.61. The summed E-state index contributed by atoms with van der Waals surface area (Å²) in [6.45, 7) is 7.68. The average molecular weight is 597 g/mol. The van der Waals surface area contributed by atoms with Crippen LogP contribution in [0.2, 0.25) is 0 Å². The fraction of sp³-hybridized carbons (Fsp3) is 0.212. The van der Waals surface area contributed by atoms with Crippen LogP contribution in [0.1, 0.15) is 56.0 Å². The Morgan fingerprint density at radius 2 is 1.00 bits per heavy atom. The van der Waals surface area contributed by atoms with Crippen LogP contribution in [0.4, 0.5) is 0 Å². The molecule has 0 bridgehead atoms. The summed E-state index contributed by atoms with van der Waals surface area (Å²) < 4.78 is 30.8. The molecule has 3 rings (SSSR count). The molecule has 10 heteroatoms. The average Bonchev–Trinajstić information content (AvgIpc) is 2.94. The Bertz CT molecular complexity index is 1360. The number of carbonyl (C=O) groups is 4. The zero-order chi connectivity index (χ0) is 28.2. The third-order valence-electron chi connectivity index (χ3n) is 4.93. The summed E-state index contributed by atoms with van der Waals surface area (Å²) in [5.41, 5.74) is 1.10. The summed E-state index contributed by atoms with van der Waals surface area (Å²) in [7, 11) is 0. The van der Waals surface area contributed by atoms with Crippen molar-refractivity contribution < 1.29 is 47.6 Å². The van der Waals surface area contributed by atoms with Gasteiger partial charge in [-0.05, 0) is 79.2 Å². The van der Waals surface area contributed by atoms with Crippen LogP contribution >= 0.6 is 0 Å². The predicted molar refractivity (Wildman–Crippen MR) is 164 cm³/mol. The number of esters is 4. The van der Waals surface area contributed by atoms with E-state index in [1.165, 1.54) is 60.7 Å². The number of aryl methyl sites for hydroxylation is 1. The summed E-state index contributed by atoms with van der Waals surface area (Å²) in [5.74, 6) is -1.11. The third-order valence-corrected chi connectivity index (χ3v) is 4.93. The zero-order valence-electron chi connectivity index (χ0n) is 20.9. The maximum absolute atomic E-state index is 12.5. The molecule has 0 fully saturated rings. The molecule has 0 N–H and O–H groups in total. The van der Waals surface area contributed by atoms with Gasteiger partial charge in [-0.15, -0.1) is 0 Å². The molecular weight excluding hydrogens is 556 g/mol.